The summed E-state index contributed by atoms with van der Waals surface area (Å²) in [6, 6.07) is 5.63. The van der Waals surface area contributed by atoms with E-state index in [0.717, 1.165) is 32.1 Å². The first-order chi connectivity index (χ1) is 14.2. The Balaban J connectivity index is 1.63. The topological polar surface area (TPSA) is 79.0 Å². The maximum absolute atomic E-state index is 13.2. The predicted octanol–water partition coefficient (Wildman–Crippen LogP) is 2.87. The summed E-state index contributed by atoms with van der Waals surface area (Å²) in [6.07, 6.45) is 5.05. The minimum atomic E-state index is -1.08. The third-order valence-electron chi connectivity index (χ3n) is 6.32. The normalized spacial score (nSPS) is 25.4. The first kappa shape index (κ1) is 20.7. The van der Waals surface area contributed by atoms with Gasteiger partial charge in [0.25, 0.3) is 11.8 Å². The molecule has 2 heterocycles. The van der Waals surface area contributed by atoms with Gasteiger partial charge >= 0.3 is 0 Å². The molecule has 1 aromatic rings. The number of nitrogens with one attached hydrogen (secondary N) is 1. The molecule has 0 aromatic heterocycles. The Morgan fingerprint density at radius 2 is 1.80 bits per heavy atom. The molecule has 2 aliphatic heterocycles. The molecule has 1 aromatic carbocycles. The Hall–Kier alpha value is -2.57. The van der Waals surface area contributed by atoms with Crippen molar-refractivity contribution in [3.8, 4) is 5.75 Å². The molecule has 7 heteroatoms. The molecule has 2 fully saturated rings. The molecular weight excluding hydrogens is 382 g/mol. The summed E-state index contributed by atoms with van der Waals surface area (Å²) in [6.45, 7) is 7.48. The average molecular weight is 414 g/mol. The lowest BCUT2D eigenvalue weighted by Crippen LogP contribution is -2.57. The highest BCUT2D eigenvalue weighted by Crippen LogP contribution is 2.39. The molecule has 0 unspecified atom stereocenters. The molecular formula is C23H31N3O4. The molecule has 0 spiro atoms. The van der Waals surface area contributed by atoms with Crippen molar-refractivity contribution in [3.05, 3.63) is 23.8 Å². The zero-order valence-corrected chi connectivity index (χ0v) is 18.2. The number of likely N-dealkylation sites (tertiary alicyclic amines) is 1. The summed E-state index contributed by atoms with van der Waals surface area (Å²) < 4.78 is 5.91. The first-order valence-corrected chi connectivity index (χ1v) is 10.9. The fraction of sp³-hybridized carbons (Fsp3) is 0.609. The van der Waals surface area contributed by atoms with Gasteiger partial charge in [-0.05, 0) is 78.0 Å². The third kappa shape index (κ3) is 3.89. The van der Waals surface area contributed by atoms with Gasteiger partial charge in [0.05, 0.1) is 5.69 Å². The van der Waals surface area contributed by atoms with Gasteiger partial charge in [0.1, 0.15) is 12.3 Å². The highest BCUT2D eigenvalue weighted by atomic mass is 16.5. The first-order valence-electron chi connectivity index (χ1n) is 10.9. The van der Waals surface area contributed by atoms with Crippen molar-refractivity contribution < 1.29 is 19.1 Å². The lowest BCUT2D eigenvalue weighted by molar-refractivity contribution is -0.139. The molecule has 1 N–H and O–H groups in total. The molecule has 3 amide bonds. The van der Waals surface area contributed by atoms with Crippen LogP contribution in [0.3, 0.4) is 0 Å². The second-order valence-electron chi connectivity index (χ2n) is 9.36. The molecule has 30 heavy (non-hydrogen) atoms. The number of ether oxygens (including phenoxy) is 1. The number of rotatable bonds is 4. The molecule has 7 nitrogen and oxygen atoms in total. The summed E-state index contributed by atoms with van der Waals surface area (Å²) in [5.41, 5.74) is -0.133. The molecule has 2 atom stereocenters. The number of piperidine rings is 1. The van der Waals surface area contributed by atoms with Crippen molar-refractivity contribution in [1.29, 1.82) is 0 Å². The van der Waals surface area contributed by atoms with Crippen molar-refractivity contribution in [2.24, 2.45) is 0 Å². The summed E-state index contributed by atoms with van der Waals surface area (Å²) in [7, 11) is 0. The number of carbonyl (C=O) groups excluding carboxylic acids is 3. The van der Waals surface area contributed by atoms with Crippen LogP contribution < -0.4 is 15.0 Å². The number of anilines is 1. The molecule has 1 saturated heterocycles. The van der Waals surface area contributed by atoms with Crippen LogP contribution in [0.1, 0.15) is 70.2 Å². The Morgan fingerprint density at radius 1 is 1.13 bits per heavy atom. The number of hydrogen-bond donors (Lipinski definition) is 1. The van der Waals surface area contributed by atoms with Crippen LogP contribution in [-0.2, 0) is 9.59 Å². The van der Waals surface area contributed by atoms with Crippen LogP contribution in [0.25, 0.3) is 0 Å². The maximum atomic E-state index is 13.2. The van der Waals surface area contributed by atoms with E-state index in [1.54, 1.807) is 32.0 Å². The highest BCUT2D eigenvalue weighted by molar-refractivity contribution is 6.07. The number of amides is 3. The highest BCUT2D eigenvalue weighted by Gasteiger charge is 2.43. The quantitative estimate of drug-likeness (QED) is 0.823. The smallest absolute Gasteiger partial charge is 0.271 e. The van der Waals surface area contributed by atoms with Crippen molar-refractivity contribution in [3.63, 3.8) is 0 Å². The van der Waals surface area contributed by atoms with Crippen molar-refractivity contribution in [1.82, 2.24) is 10.2 Å². The van der Waals surface area contributed by atoms with Gasteiger partial charge in [-0.2, -0.15) is 0 Å². The minimum absolute atomic E-state index is 0.0546. The van der Waals surface area contributed by atoms with Crippen LogP contribution in [0.2, 0.25) is 0 Å². The largest absolute Gasteiger partial charge is 0.476 e. The number of benzene rings is 1. The van der Waals surface area contributed by atoms with Gasteiger partial charge in [0, 0.05) is 23.7 Å². The lowest BCUT2D eigenvalue weighted by atomic mass is 9.97. The summed E-state index contributed by atoms with van der Waals surface area (Å²) >= 11 is 0. The van der Waals surface area contributed by atoms with Crippen LogP contribution >= 0.6 is 0 Å². The zero-order chi connectivity index (χ0) is 21.6. The number of hydrogen-bond acceptors (Lipinski definition) is 4. The second kappa shape index (κ2) is 7.60. The van der Waals surface area contributed by atoms with Crippen molar-refractivity contribution in [2.75, 3.05) is 11.4 Å². The lowest BCUT2D eigenvalue weighted by Gasteiger charge is -2.42. The van der Waals surface area contributed by atoms with E-state index in [1.807, 2.05) is 4.90 Å². The number of nitrogens with zero attached hydrogens (tertiary/aromatic N) is 2. The van der Waals surface area contributed by atoms with E-state index >= 15 is 0 Å². The van der Waals surface area contributed by atoms with Gasteiger partial charge in [-0.1, -0.05) is 0 Å². The van der Waals surface area contributed by atoms with E-state index < -0.39 is 5.60 Å². The summed E-state index contributed by atoms with van der Waals surface area (Å²) in [4.78, 5) is 42.3. The van der Waals surface area contributed by atoms with Crippen LogP contribution in [0, 0.1) is 0 Å². The molecule has 4 rings (SSSR count). The molecule has 0 bridgehead atoms. The zero-order valence-electron chi connectivity index (χ0n) is 18.2. The SMILES string of the molecule is C[C@@H]1CCC[C@H](C)N1C(=O)CN1C(=O)C(C)(C)Oc2ccc(C(=O)NC3CC3)cc21. The average Bonchev–Trinajstić information content (AvgIpc) is 3.48. The summed E-state index contributed by atoms with van der Waals surface area (Å²) in [5.74, 6) is -0.00259. The van der Waals surface area contributed by atoms with E-state index in [2.05, 4.69) is 19.2 Å². The van der Waals surface area contributed by atoms with Gasteiger partial charge in [-0.25, -0.2) is 0 Å². The molecule has 162 valence electrons. The maximum Gasteiger partial charge on any atom is 0.271 e. The molecule has 1 saturated carbocycles. The fourth-order valence-electron chi connectivity index (χ4n) is 4.49. The van der Waals surface area contributed by atoms with E-state index in [0.29, 0.717) is 17.0 Å². The van der Waals surface area contributed by atoms with E-state index in [1.165, 1.54) is 4.90 Å². The molecule has 3 aliphatic rings. The van der Waals surface area contributed by atoms with E-state index in [4.69, 9.17) is 4.74 Å². The third-order valence-corrected chi connectivity index (χ3v) is 6.32. The molecule has 1 aliphatic carbocycles. The Morgan fingerprint density at radius 3 is 2.43 bits per heavy atom. The number of fused-ring (bicyclic) bond motifs is 1. The summed E-state index contributed by atoms with van der Waals surface area (Å²) in [5, 5.41) is 2.96. The Labute approximate surface area is 177 Å². The van der Waals surface area contributed by atoms with Crippen LogP contribution in [0.4, 0.5) is 5.69 Å². The Bertz CT molecular complexity index is 867. The van der Waals surface area contributed by atoms with E-state index in [-0.39, 0.29) is 42.4 Å². The second-order valence-corrected chi connectivity index (χ2v) is 9.36. The minimum Gasteiger partial charge on any atom is -0.476 e. The van der Waals surface area contributed by atoms with Gasteiger partial charge in [-0.15, -0.1) is 0 Å². The van der Waals surface area contributed by atoms with Crippen LogP contribution in [0.5, 0.6) is 5.75 Å². The predicted molar refractivity (Wildman–Crippen MR) is 114 cm³/mol. The van der Waals surface area contributed by atoms with Gasteiger partial charge < -0.3 is 15.0 Å². The standard InChI is InChI=1S/C23H31N3O4/c1-14-6-5-7-15(2)26(14)20(27)13-25-18-12-16(21(28)24-17-9-10-17)8-11-19(18)30-23(3,4)22(25)29/h8,11-12,14-15,17H,5-7,9-10,13H2,1-4H3,(H,24,28)/t14-,15+. The van der Waals surface area contributed by atoms with Crippen molar-refractivity contribution >= 4 is 23.4 Å². The Kier molecular flexibility index (Phi) is 5.24. The van der Waals surface area contributed by atoms with Gasteiger partial charge in [0.15, 0.2) is 5.60 Å². The van der Waals surface area contributed by atoms with Crippen molar-refractivity contribution in [2.45, 2.75) is 83.5 Å². The van der Waals surface area contributed by atoms with Crippen LogP contribution in [0.15, 0.2) is 18.2 Å². The molecule has 0 radical (unpaired) electrons. The van der Waals surface area contributed by atoms with Crippen LogP contribution in [-0.4, -0.2) is 52.9 Å². The van der Waals surface area contributed by atoms with Gasteiger partial charge in [0.2, 0.25) is 5.91 Å². The number of carbonyl (C=O) groups is 3. The fourth-order valence-corrected chi connectivity index (χ4v) is 4.49. The van der Waals surface area contributed by atoms with Gasteiger partial charge in [-0.3, -0.25) is 19.3 Å². The van der Waals surface area contributed by atoms with E-state index in [9.17, 15) is 14.4 Å². The monoisotopic (exact) mass is 413 g/mol.